The Morgan fingerprint density at radius 2 is 0.750 bits per heavy atom. The Morgan fingerprint density at radius 3 is 0.917 bits per heavy atom. The number of hydrogen-bond donors (Lipinski definition) is 0. The molecule has 48 heavy (non-hydrogen) atoms. The average Bonchev–Trinajstić information content (AvgIpc) is 2.90. The summed E-state index contributed by atoms with van der Waals surface area (Å²) in [6, 6.07) is 8.08. The number of rotatable bonds is 18. The van der Waals surface area contributed by atoms with Crippen molar-refractivity contribution < 1.29 is 36.9 Å². The van der Waals surface area contributed by atoms with E-state index in [1.165, 1.54) is 0 Å². The van der Waals surface area contributed by atoms with Crippen LogP contribution in [-0.4, -0.2) is 59.2 Å². The smallest absolute Gasteiger partial charge is 0.308 e. The molecule has 1 rings (SSSR count). The molecular weight excluding hydrogens is 650 g/mol. The summed E-state index contributed by atoms with van der Waals surface area (Å²) >= 11 is 0. The van der Waals surface area contributed by atoms with Crippen LogP contribution in [0.3, 0.4) is 0 Å². The van der Waals surface area contributed by atoms with E-state index in [4.69, 9.17) is 27.8 Å². The fraction of sp³-hybridized carbons (Fsp3) is 0.833. The Hall–Kier alpha value is -0.640. The highest BCUT2D eigenvalue weighted by Crippen LogP contribution is 2.62. The molecule has 12 heteroatoms. The molecular formula is C36H70N2O8P2. The lowest BCUT2D eigenvalue weighted by Gasteiger charge is -2.48. The number of hydrogen-bond acceptors (Lipinski definition) is 10. The first-order valence-corrected chi connectivity index (χ1v) is 20.7. The minimum Gasteiger partial charge on any atom is -0.308 e. The van der Waals surface area contributed by atoms with Gasteiger partial charge in [0.2, 0.25) is 0 Å². The zero-order valence-corrected chi connectivity index (χ0v) is 35.3. The molecule has 0 radical (unpaired) electrons. The lowest BCUT2D eigenvalue weighted by Crippen LogP contribution is -2.53. The summed E-state index contributed by atoms with van der Waals surface area (Å²) in [5.74, 6) is -1.33. The topological polar surface area (TPSA) is 96.0 Å². The molecule has 0 aliphatic carbocycles. The van der Waals surface area contributed by atoms with Crippen LogP contribution in [0.15, 0.2) is 24.3 Å². The predicted octanol–water partition coefficient (Wildman–Crippen LogP) is 11.1. The summed E-state index contributed by atoms with van der Waals surface area (Å²) in [6.07, 6.45) is -0.758. The van der Waals surface area contributed by atoms with Gasteiger partial charge in [-0.3, -0.25) is 18.8 Å². The standard InChI is InChI=1S/C36H70N2O8P2/c1-19-41-47(39,42-20-2)31(33(7,8)9)37(35(13,14)15)45-27(5)29-23-25-30(26-24-29)28(6)46-38(36(16,17)18)32(34(10,11)12)48(40,43-21-3)44-22-4/h23-28,31-32H,19-22H2,1-18H3. The van der Waals surface area contributed by atoms with Crippen LogP contribution in [0.2, 0.25) is 0 Å². The third kappa shape index (κ3) is 12.3. The van der Waals surface area contributed by atoms with Crippen LogP contribution in [0.25, 0.3) is 0 Å². The highest BCUT2D eigenvalue weighted by molar-refractivity contribution is 7.55. The monoisotopic (exact) mass is 720 g/mol. The summed E-state index contributed by atoms with van der Waals surface area (Å²) < 4.78 is 52.0. The summed E-state index contributed by atoms with van der Waals surface area (Å²) in [6.45, 7) is 36.6. The number of nitrogens with zero attached hydrogens (tertiary/aromatic N) is 2. The second kappa shape index (κ2) is 17.7. The van der Waals surface area contributed by atoms with Crippen molar-refractivity contribution in [2.45, 2.75) is 159 Å². The summed E-state index contributed by atoms with van der Waals surface area (Å²) in [7, 11) is -7.20. The van der Waals surface area contributed by atoms with E-state index in [0.29, 0.717) is 0 Å². The summed E-state index contributed by atoms with van der Waals surface area (Å²) in [5, 5.41) is 3.62. The maximum atomic E-state index is 14.3. The lowest BCUT2D eigenvalue weighted by atomic mass is 9.94. The lowest BCUT2D eigenvalue weighted by molar-refractivity contribution is -0.265. The van der Waals surface area contributed by atoms with Crippen LogP contribution in [0.5, 0.6) is 0 Å². The molecule has 0 saturated carbocycles. The summed E-state index contributed by atoms with van der Waals surface area (Å²) in [4.78, 5) is 13.4. The first kappa shape index (κ1) is 45.4. The van der Waals surface area contributed by atoms with Gasteiger partial charge >= 0.3 is 15.2 Å². The zero-order valence-electron chi connectivity index (χ0n) is 33.5. The molecule has 0 N–H and O–H groups in total. The van der Waals surface area contributed by atoms with Gasteiger partial charge in [-0.1, -0.05) is 65.8 Å². The van der Waals surface area contributed by atoms with Crippen LogP contribution in [0.1, 0.15) is 148 Å². The molecule has 0 heterocycles. The van der Waals surface area contributed by atoms with E-state index in [0.717, 1.165) is 11.1 Å². The van der Waals surface area contributed by atoms with Crippen LogP contribution in [0, 0.1) is 10.8 Å². The number of hydroxylamine groups is 4. The normalized spacial score (nSPS) is 16.8. The van der Waals surface area contributed by atoms with Gasteiger partial charge in [0, 0.05) is 11.1 Å². The van der Waals surface area contributed by atoms with Gasteiger partial charge in [0.1, 0.15) is 23.8 Å². The van der Waals surface area contributed by atoms with Crippen molar-refractivity contribution in [1.82, 2.24) is 10.1 Å². The minimum atomic E-state index is -3.60. The van der Waals surface area contributed by atoms with E-state index >= 15 is 0 Å². The van der Waals surface area contributed by atoms with Crippen LogP contribution in [0.4, 0.5) is 0 Å². The van der Waals surface area contributed by atoms with Crippen LogP contribution in [-0.2, 0) is 36.9 Å². The minimum absolute atomic E-state index is 0.261. The molecule has 1 aromatic carbocycles. The Morgan fingerprint density at radius 1 is 0.521 bits per heavy atom. The van der Waals surface area contributed by atoms with Gasteiger partial charge in [-0.15, -0.1) is 0 Å². The molecule has 1 aromatic rings. The van der Waals surface area contributed by atoms with Crippen LogP contribution < -0.4 is 0 Å². The third-order valence-corrected chi connectivity index (χ3v) is 13.2. The molecule has 0 aliphatic heterocycles. The first-order valence-electron chi connectivity index (χ1n) is 17.5. The molecule has 4 atom stereocenters. The molecule has 10 nitrogen and oxygen atoms in total. The van der Waals surface area contributed by atoms with Crippen molar-refractivity contribution in [1.29, 1.82) is 0 Å². The Balaban J connectivity index is 3.50. The zero-order chi connectivity index (χ0) is 37.5. The molecule has 0 aromatic heterocycles. The maximum absolute atomic E-state index is 14.3. The van der Waals surface area contributed by atoms with Crippen molar-refractivity contribution in [3.05, 3.63) is 35.4 Å². The molecule has 0 saturated heterocycles. The van der Waals surface area contributed by atoms with Gasteiger partial charge in [0.05, 0.1) is 26.4 Å². The highest BCUT2D eigenvalue weighted by Gasteiger charge is 2.53. The van der Waals surface area contributed by atoms with Gasteiger partial charge in [0.15, 0.2) is 0 Å². The van der Waals surface area contributed by atoms with Crippen molar-refractivity contribution in [3.63, 3.8) is 0 Å². The van der Waals surface area contributed by atoms with Gasteiger partial charge in [-0.25, -0.2) is 0 Å². The van der Waals surface area contributed by atoms with Crippen molar-refractivity contribution in [2.75, 3.05) is 26.4 Å². The molecule has 0 spiro atoms. The fourth-order valence-electron chi connectivity index (χ4n) is 5.65. The largest absolute Gasteiger partial charge is 0.350 e. The van der Waals surface area contributed by atoms with Crippen molar-refractivity contribution in [2.24, 2.45) is 10.8 Å². The predicted molar refractivity (Wildman–Crippen MR) is 197 cm³/mol. The molecule has 0 fully saturated rings. The average molecular weight is 721 g/mol. The first-order chi connectivity index (χ1) is 21.7. The highest BCUT2D eigenvalue weighted by atomic mass is 31.2. The summed E-state index contributed by atoms with van der Waals surface area (Å²) in [5.41, 5.74) is -0.175. The van der Waals surface area contributed by atoms with Crippen molar-refractivity contribution >= 4 is 15.2 Å². The molecule has 0 amide bonds. The molecule has 4 unspecified atom stereocenters. The van der Waals surface area contributed by atoms with Crippen LogP contribution >= 0.6 is 15.2 Å². The van der Waals surface area contributed by atoms with Gasteiger partial charge in [-0.05, 0) is 105 Å². The van der Waals surface area contributed by atoms with E-state index in [1.54, 1.807) is 0 Å². The van der Waals surface area contributed by atoms with Gasteiger partial charge in [-0.2, -0.15) is 10.1 Å². The maximum Gasteiger partial charge on any atom is 0.350 e. The van der Waals surface area contributed by atoms with Gasteiger partial charge in [0.25, 0.3) is 0 Å². The molecule has 0 aliphatic rings. The second-order valence-corrected chi connectivity index (χ2v) is 20.6. The fourth-order valence-corrected chi connectivity index (χ4v) is 11.0. The Bertz CT molecular complexity index is 1090. The van der Waals surface area contributed by atoms with E-state index in [1.807, 2.05) is 159 Å². The van der Waals surface area contributed by atoms with E-state index in [-0.39, 0.29) is 38.6 Å². The third-order valence-electron chi connectivity index (χ3n) is 7.57. The molecule has 0 bridgehead atoms. The Labute approximate surface area is 293 Å². The second-order valence-electron chi connectivity index (χ2n) is 16.4. The SMILES string of the molecule is CCOP(=O)(OCC)C(N(OC(C)c1ccc(C(C)ON(C(C(C)(C)C)P(=O)(OCC)OCC)C(C)(C)C)cc1)C(C)(C)C)C(C)(C)C. The van der Waals surface area contributed by atoms with E-state index in [2.05, 4.69) is 0 Å². The van der Waals surface area contributed by atoms with Crippen molar-refractivity contribution in [3.8, 4) is 0 Å². The quantitative estimate of drug-likeness (QED) is 0.108. The molecule has 282 valence electrons. The number of benzene rings is 1. The van der Waals surface area contributed by atoms with E-state index < -0.39 is 48.7 Å². The Kier molecular flexibility index (Phi) is 16.8. The van der Waals surface area contributed by atoms with Gasteiger partial charge < -0.3 is 18.1 Å². The van der Waals surface area contributed by atoms with E-state index in [9.17, 15) is 9.13 Å².